The number of nitrogens with zero attached hydrogens (tertiary/aromatic N) is 3. The second kappa shape index (κ2) is 8.23. The van der Waals surface area contributed by atoms with E-state index in [1.807, 2.05) is 30.4 Å². The van der Waals surface area contributed by atoms with Crippen molar-refractivity contribution in [3.63, 3.8) is 0 Å². The monoisotopic (exact) mass is 400 g/mol. The van der Waals surface area contributed by atoms with Gasteiger partial charge >= 0.3 is 6.03 Å². The van der Waals surface area contributed by atoms with E-state index in [0.717, 1.165) is 22.2 Å². The maximum Gasteiger partial charge on any atom is 0.323 e. The number of nitro groups is 1. The molecule has 2 aromatic heterocycles. The first-order valence-electron chi connectivity index (χ1n) is 8.97. The van der Waals surface area contributed by atoms with Gasteiger partial charge in [-0.3, -0.25) is 20.2 Å². The number of aromatic amines is 1. The fraction of sp³-hybridized carbons (Fsp3) is 0. The molecule has 0 spiro atoms. The second-order valence-electron chi connectivity index (χ2n) is 6.37. The van der Waals surface area contributed by atoms with Crippen LogP contribution in [0.5, 0.6) is 0 Å². The second-order valence-corrected chi connectivity index (χ2v) is 6.37. The number of hydrogen-bond donors (Lipinski definition) is 3. The predicted molar refractivity (Wildman–Crippen MR) is 115 cm³/mol. The van der Waals surface area contributed by atoms with Gasteiger partial charge in [0, 0.05) is 41.3 Å². The van der Waals surface area contributed by atoms with E-state index in [2.05, 4.69) is 25.8 Å². The Balaban J connectivity index is 1.44. The van der Waals surface area contributed by atoms with Crippen LogP contribution in [0.15, 0.2) is 67.0 Å². The molecule has 0 saturated carbocycles. The topological polar surface area (TPSA) is 126 Å². The molecule has 0 radical (unpaired) electrons. The summed E-state index contributed by atoms with van der Waals surface area (Å²) in [4.78, 5) is 26.5. The molecule has 4 aromatic rings. The molecule has 0 aliphatic heterocycles. The van der Waals surface area contributed by atoms with E-state index >= 15 is 0 Å². The Morgan fingerprint density at radius 3 is 2.53 bits per heavy atom. The van der Waals surface area contributed by atoms with Crippen molar-refractivity contribution in [2.45, 2.75) is 0 Å². The van der Waals surface area contributed by atoms with Gasteiger partial charge in [0.1, 0.15) is 0 Å². The number of carbonyl (C=O) groups excluding carboxylic acids is 1. The number of nitrogens with one attached hydrogen (secondary N) is 3. The molecule has 0 saturated heterocycles. The Kier molecular flexibility index (Phi) is 5.16. The number of amides is 2. The average Bonchev–Trinajstić information content (AvgIpc) is 3.15. The minimum atomic E-state index is -0.496. The molecule has 0 aliphatic carbocycles. The van der Waals surface area contributed by atoms with Crippen molar-refractivity contribution in [2.24, 2.45) is 0 Å². The molecule has 0 aliphatic rings. The van der Waals surface area contributed by atoms with Gasteiger partial charge in [0.25, 0.3) is 5.69 Å². The zero-order valence-corrected chi connectivity index (χ0v) is 15.6. The van der Waals surface area contributed by atoms with Crippen LogP contribution >= 0.6 is 0 Å². The Morgan fingerprint density at radius 2 is 1.80 bits per heavy atom. The van der Waals surface area contributed by atoms with Gasteiger partial charge in [-0.2, -0.15) is 5.10 Å². The third-order valence-electron chi connectivity index (χ3n) is 4.30. The number of aromatic nitrogens is 3. The third-order valence-corrected chi connectivity index (χ3v) is 4.30. The quantitative estimate of drug-likeness (QED) is 0.331. The summed E-state index contributed by atoms with van der Waals surface area (Å²) in [5.74, 6) is 0. The Bertz CT molecular complexity index is 1230. The number of anilines is 2. The van der Waals surface area contributed by atoms with E-state index in [-0.39, 0.29) is 5.69 Å². The fourth-order valence-corrected chi connectivity index (χ4v) is 2.86. The molecule has 4 rings (SSSR count). The highest BCUT2D eigenvalue weighted by molar-refractivity contribution is 6.01. The van der Waals surface area contributed by atoms with E-state index in [9.17, 15) is 14.9 Å². The largest absolute Gasteiger partial charge is 0.323 e. The minimum absolute atomic E-state index is 0.0426. The van der Waals surface area contributed by atoms with Crippen LogP contribution in [0, 0.1) is 10.1 Å². The summed E-state index contributed by atoms with van der Waals surface area (Å²) in [7, 11) is 0. The molecule has 148 valence electrons. The molecule has 0 fully saturated rings. The summed E-state index contributed by atoms with van der Waals surface area (Å²) in [6.07, 6.45) is 7.29. The lowest BCUT2D eigenvalue weighted by molar-refractivity contribution is -0.384. The smallest absolute Gasteiger partial charge is 0.308 e. The normalized spacial score (nSPS) is 10.9. The molecule has 9 heteroatoms. The van der Waals surface area contributed by atoms with Crippen molar-refractivity contribution in [1.29, 1.82) is 0 Å². The first kappa shape index (κ1) is 18.8. The Labute approximate surface area is 170 Å². The number of rotatable bonds is 5. The number of nitro benzene ring substituents is 1. The third kappa shape index (κ3) is 4.30. The van der Waals surface area contributed by atoms with Crippen LogP contribution in [0.25, 0.3) is 23.1 Å². The lowest BCUT2D eigenvalue weighted by atomic mass is 10.1. The van der Waals surface area contributed by atoms with Crippen LogP contribution in [0.4, 0.5) is 21.9 Å². The van der Waals surface area contributed by atoms with Gasteiger partial charge in [0.05, 0.1) is 16.1 Å². The molecule has 0 atom stereocenters. The number of hydrogen-bond acceptors (Lipinski definition) is 5. The fourth-order valence-electron chi connectivity index (χ4n) is 2.86. The van der Waals surface area contributed by atoms with E-state index in [1.165, 1.54) is 24.3 Å². The van der Waals surface area contributed by atoms with Crippen LogP contribution in [-0.2, 0) is 0 Å². The van der Waals surface area contributed by atoms with Crippen molar-refractivity contribution in [1.82, 2.24) is 15.2 Å². The molecule has 2 heterocycles. The van der Waals surface area contributed by atoms with Crippen LogP contribution in [0.3, 0.4) is 0 Å². The number of benzene rings is 2. The highest BCUT2D eigenvalue weighted by Crippen LogP contribution is 2.22. The number of pyridine rings is 1. The first-order chi connectivity index (χ1) is 14.6. The van der Waals surface area contributed by atoms with Crippen LogP contribution in [0.1, 0.15) is 11.3 Å². The Morgan fingerprint density at radius 1 is 1.03 bits per heavy atom. The lowest BCUT2D eigenvalue weighted by Gasteiger charge is -2.07. The van der Waals surface area contributed by atoms with Gasteiger partial charge in [-0.15, -0.1) is 0 Å². The molecule has 30 heavy (non-hydrogen) atoms. The van der Waals surface area contributed by atoms with E-state index in [0.29, 0.717) is 11.4 Å². The lowest BCUT2D eigenvalue weighted by Crippen LogP contribution is -2.19. The molecule has 3 N–H and O–H groups in total. The maximum absolute atomic E-state index is 12.2. The van der Waals surface area contributed by atoms with Crippen LogP contribution in [-0.4, -0.2) is 26.1 Å². The van der Waals surface area contributed by atoms with Crippen LogP contribution in [0.2, 0.25) is 0 Å². The maximum atomic E-state index is 12.2. The van der Waals surface area contributed by atoms with Crippen molar-refractivity contribution in [3.8, 4) is 0 Å². The number of H-pyrrole nitrogens is 1. The molecule has 9 nitrogen and oxygen atoms in total. The summed E-state index contributed by atoms with van der Waals surface area (Å²) < 4.78 is 0. The first-order valence-corrected chi connectivity index (χ1v) is 8.97. The zero-order chi connectivity index (χ0) is 20.9. The zero-order valence-electron chi connectivity index (χ0n) is 15.6. The van der Waals surface area contributed by atoms with Gasteiger partial charge in [0.15, 0.2) is 0 Å². The van der Waals surface area contributed by atoms with Crippen molar-refractivity contribution in [3.05, 3.63) is 88.4 Å². The van der Waals surface area contributed by atoms with Crippen molar-refractivity contribution >= 4 is 46.1 Å². The number of urea groups is 1. The molecule has 2 aromatic carbocycles. The Hall–Kier alpha value is -4.53. The SMILES string of the molecule is O=C(Nc1ccc([N+](=O)[O-])cc1)Nc1ccc2c(/C=C/c3cccnc3)n[nH]c2c1. The van der Waals surface area contributed by atoms with Gasteiger partial charge < -0.3 is 10.6 Å². The summed E-state index contributed by atoms with van der Waals surface area (Å²) in [5.41, 5.74) is 3.50. The molecule has 0 unspecified atom stereocenters. The van der Waals surface area contributed by atoms with Crippen molar-refractivity contribution < 1.29 is 9.72 Å². The minimum Gasteiger partial charge on any atom is -0.308 e. The summed E-state index contributed by atoms with van der Waals surface area (Å²) in [6.45, 7) is 0. The van der Waals surface area contributed by atoms with Crippen molar-refractivity contribution in [2.75, 3.05) is 10.6 Å². The summed E-state index contributed by atoms with van der Waals surface area (Å²) in [5, 5.41) is 24.2. The summed E-state index contributed by atoms with van der Waals surface area (Å²) >= 11 is 0. The molecular formula is C21H16N6O3. The molecule has 2 amide bonds. The van der Waals surface area contributed by atoms with Crippen LogP contribution < -0.4 is 10.6 Å². The number of non-ortho nitro benzene ring substituents is 1. The molecule has 0 bridgehead atoms. The van der Waals surface area contributed by atoms with E-state index in [4.69, 9.17) is 0 Å². The molecular weight excluding hydrogens is 384 g/mol. The van der Waals surface area contributed by atoms with Gasteiger partial charge in [-0.05, 0) is 48.0 Å². The van der Waals surface area contributed by atoms with E-state index in [1.54, 1.807) is 24.5 Å². The van der Waals surface area contributed by atoms with Gasteiger partial charge in [-0.1, -0.05) is 12.1 Å². The highest BCUT2D eigenvalue weighted by atomic mass is 16.6. The number of carbonyl (C=O) groups is 1. The van der Waals surface area contributed by atoms with E-state index < -0.39 is 11.0 Å². The predicted octanol–water partition coefficient (Wildman–Crippen LogP) is 4.68. The highest BCUT2D eigenvalue weighted by Gasteiger charge is 2.08. The van der Waals surface area contributed by atoms with Gasteiger partial charge in [0.2, 0.25) is 0 Å². The van der Waals surface area contributed by atoms with Gasteiger partial charge in [-0.25, -0.2) is 4.79 Å². The summed E-state index contributed by atoms with van der Waals surface area (Å²) in [6, 6.07) is 14.4. The standard InChI is InChI=1S/C21H16N6O3/c28-21(23-15-4-7-17(8-5-15)27(29)30)24-16-6-9-18-19(25-26-20(18)12-16)10-3-14-2-1-11-22-13-14/h1-13H,(H,25,26)(H2,23,24,28)/b10-3+. The number of fused-ring (bicyclic) bond motifs is 1. The average molecular weight is 400 g/mol.